The Balaban J connectivity index is 0.000000706. The lowest BCUT2D eigenvalue weighted by Gasteiger charge is -2.06. The van der Waals surface area contributed by atoms with Crippen molar-refractivity contribution in [2.75, 3.05) is 0 Å². The van der Waals surface area contributed by atoms with E-state index in [1.165, 1.54) is 5.39 Å². The summed E-state index contributed by atoms with van der Waals surface area (Å²) in [6, 6.07) is 26.9. The Hall–Kier alpha value is -3.34. The molecule has 0 spiro atoms. The Morgan fingerprint density at radius 1 is 0.607 bits per heavy atom. The summed E-state index contributed by atoms with van der Waals surface area (Å²) in [6.07, 6.45) is -0.108. The lowest BCUT2D eigenvalue weighted by Crippen LogP contribution is -2.08. The lowest BCUT2D eigenvalue weighted by molar-refractivity contribution is 0.0894. The van der Waals surface area contributed by atoms with Crippen LogP contribution >= 0.6 is 0 Å². The van der Waals surface area contributed by atoms with Gasteiger partial charge >= 0.3 is 7.83 Å². The van der Waals surface area contributed by atoms with Crippen molar-refractivity contribution >= 4 is 40.9 Å². The first-order valence-corrected chi connectivity index (χ1v) is 8.78. The first-order valence-electron chi connectivity index (χ1n) is 8.78. The molecule has 0 N–H and O–H groups in total. The third kappa shape index (κ3) is 4.49. The van der Waals surface area contributed by atoms with Crippen molar-refractivity contribution < 1.29 is 18.2 Å². The van der Waals surface area contributed by atoms with Crippen LogP contribution in [-0.2, 0) is 0 Å². The van der Waals surface area contributed by atoms with Gasteiger partial charge in [-0.15, -0.1) is 0 Å². The molecule has 0 aliphatic rings. The van der Waals surface area contributed by atoms with E-state index in [9.17, 15) is 18.2 Å². The number of hydrogen-bond acceptors (Lipinski definition) is 2. The fraction of sp³-hybridized carbons (Fsp3) is 0.0435. The molecular formula is C23H17BF2O2. The Morgan fingerprint density at radius 3 is 1.75 bits per heavy atom. The summed E-state index contributed by atoms with van der Waals surface area (Å²) < 4.78 is 19.2. The van der Waals surface area contributed by atoms with E-state index in [-0.39, 0.29) is 18.0 Å². The van der Waals surface area contributed by atoms with E-state index >= 15 is 0 Å². The highest BCUT2D eigenvalue weighted by atomic mass is 19.2. The minimum Gasteiger partial charge on any atom is -0.294 e. The van der Waals surface area contributed by atoms with Crippen LogP contribution in [0.15, 0.2) is 84.9 Å². The molecule has 0 atom stereocenters. The molecule has 4 aromatic rings. The van der Waals surface area contributed by atoms with E-state index in [1.54, 1.807) is 30.3 Å². The first-order chi connectivity index (χ1) is 13.6. The summed E-state index contributed by atoms with van der Waals surface area (Å²) in [7, 11) is -1.75. The summed E-state index contributed by atoms with van der Waals surface area (Å²) >= 11 is 0. The maximum atomic E-state index is 12.5. The molecule has 0 heterocycles. The van der Waals surface area contributed by atoms with Gasteiger partial charge < -0.3 is 0 Å². The highest BCUT2D eigenvalue weighted by Crippen LogP contribution is 2.24. The predicted molar refractivity (Wildman–Crippen MR) is 111 cm³/mol. The van der Waals surface area contributed by atoms with Gasteiger partial charge in [-0.25, -0.2) is 0 Å². The second-order valence-electron chi connectivity index (χ2n) is 6.25. The molecular weight excluding hydrogens is 357 g/mol. The number of halogens is 2. The van der Waals surface area contributed by atoms with Gasteiger partial charge in [0.1, 0.15) is 0 Å². The molecule has 138 valence electrons. The van der Waals surface area contributed by atoms with E-state index in [4.69, 9.17) is 0 Å². The summed E-state index contributed by atoms with van der Waals surface area (Å²) in [5.41, 5.74) is 1.15. The Morgan fingerprint density at radius 2 is 1.11 bits per heavy atom. The number of benzene rings is 4. The van der Waals surface area contributed by atoms with Crippen LogP contribution in [0, 0.1) is 0 Å². The van der Waals surface area contributed by atoms with Gasteiger partial charge in [0.2, 0.25) is 0 Å². The number of carbonyl (C=O) groups is 2. The topological polar surface area (TPSA) is 34.1 Å². The van der Waals surface area contributed by atoms with Crippen LogP contribution in [0.5, 0.6) is 0 Å². The van der Waals surface area contributed by atoms with Gasteiger partial charge in [-0.3, -0.25) is 18.2 Å². The molecule has 0 aliphatic heterocycles. The fourth-order valence-electron chi connectivity index (χ4n) is 3.09. The molecule has 0 aromatic heterocycles. The van der Waals surface area contributed by atoms with E-state index in [0.717, 1.165) is 16.2 Å². The van der Waals surface area contributed by atoms with Crippen molar-refractivity contribution in [3.8, 4) is 0 Å². The zero-order chi connectivity index (χ0) is 19.9. The summed E-state index contributed by atoms with van der Waals surface area (Å²) in [4.78, 5) is 24.8. The maximum Gasteiger partial charge on any atom is 0.521 e. The highest BCUT2D eigenvalue weighted by Gasteiger charge is 2.14. The average Bonchev–Trinajstić information content (AvgIpc) is 2.73. The van der Waals surface area contributed by atoms with Gasteiger partial charge in [0.25, 0.3) is 0 Å². The Bertz CT molecular complexity index is 1130. The molecule has 4 aromatic carbocycles. The molecule has 0 saturated heterocycles. The van der Waals surface area contributed by atoms with Gasteiger partial charge in [0.05, 0.1) is 6.42 Å². The number of hydrogen-bond donors (Lipinski definition) is 0. The van der Waals surface area contributed by atoms with Crippen LogP contribution in [-0.4, -0.2) is 19.4 Å². The maximum absolute atomic E-state index is 12.5. The number of Topliss-reactive ketones (excluding diaryl/α,β-unsaturated/α-hetero) is 2. The van der Waals surface area contributed by atoms with Crippen LogP contribution in [0.3, 0.4) is 0 Å². The van der Waals surface area contributed by atoms with Crippen LogP contribution in [0.1, 0.15) is 27.1 Å². The molecule has 0 amide bonds. The smallest absolute Gasteiger partial charge is 0.294 e. The molecule has 28 heavy (non-hydrogen) atoms. The van der Waals surface area contributed by atoms with Crippen LogP contribution in [0.4, 0.5) is 8.63 Å². The van der Waals surface area contributed by atoms with Crippen LogP contribution in [0.2, 0.25) is 0 Å². The first kappa shape index (κ1) is 19.4. The van der Waals surface area contributed by atoms with Crippen molar-refractivity contribution in [3.05, 3.63) is 96.1 Å². The number of ketones is 2. The molecule has 0 unspecified atom stereocenters. The van der Waals surface area contributed by atoms with Gasteiger partial charge in [0.15, 0.2) is 11.6 Å². The van der Waals surface area contributed by atoms with E-state index in [1.807, 2.05) is 30.3 Å². The van der Waals surface area contributed by atoms with Crippen LogP contribution < -0.4 is 0 Å². The van der Waals surface area contributed by atoms with Gasteiger partial charge in [-0.2, -0.15) is 0 Å². The normalized spacial score (nSPS) is 10.2. The van der Waals surface area contributed by atoms with Crippen molar-refractivity contribution in [3.63, 3.8) is 0 Å². The highest BCUT2D eigenvalue weighted by molar-refractivity contribution is 6.15. The van der Waals surface area contributed by atoms with Crippen LogP contribution in [0.25, 0.3) is 21.5 Å². The van der Waals surface area contributed by atoms with Gasteiger partial charge in [-0.05, 0) is 39.7 Å². The summed E-state index contributed by atoms with van der Waals surface area (Å²) in [6.45, 7) is 0. The largest absolute Gasteiger partial charge is 0.521 e. The molecule has 0 aliphatic carbocycles. The lowest BCUT2D eigenvalue weighted by atomic mass is 9.97. The monoisotopic (exact) mass is 374 g/mol. The minimum absolute atomic E-state index is 0.108. The molecule has 0 fully saturated rings. The van der Waals surface area contributed by atoms with E-state index in [2.05, 4.69) is 24.3 Å². The second kappa shape index (κ2) is 9.04. The quantitative estimate of drug-likeness (QED) is 0.201. The third-order valence-corrected chi connectivity index (χ3v) is 4.44. The molecule has 0 bridgehead atoms. The van der Waals surface area contributed by atoms with Gasteiger partial charge in [0, 0.05) is 11.1 Å². The van der Waals surface area contributed by atoms with E-state index < -0.39 is 7.83 Å². The number of carbonyl (C=O) groups excluding carboxylic acids is 2. The zero-order valence-electron chi connectivity index (χ0n) is 15.1. The molecule has 4 rings (SSSR count). The second-order valence-corrected chi connectivity index (χ2v) is 6.25. The van der Waals surface area contributed by atoms with Crippen molar-refractivity contribution in [2.45, 2.75) is 6.42 Å². The third-order valence-electron chi connectivity index (χ3n) is 4.44. The summed E-state index contributed by atoms with van der Waals surface area (Å²) in [5.74, 6) is -0.298. The molecule has 5 heteroatoms. The minimum atomic E-state index is -1.75. The summed E-state index contributed by atoms with van der Waals surface area (Å²) in [5, 5.41) is 4.41. The van der Waals surface area contributed by atoms with Crippen molar-refractivity contribution in [1.82, 2.24) is 0 Å². The Labute approximate surface area is 162 Å². The van der Waals surface area contributed by atoms with E-state index in [0.29, 0.717) is 11.1 Å². The fourth-order valence-corrected chi connectivity index (χ4v) is 3.09. The standard InChI is InChI=1S/C23H16O2.BF2H/c24-22(16-6-2-1-3-7-16)15-23(25)20-11-10-19-12-17-8-4-5-9-18(17)13-21(19)14-20;2-1-3/h1-14H,15H2;1H. The molecule has 0 radical (unpaired) electrons. The Kier molecular flexibility index (Phi) is 6.27. The number of rotatable bonds is 4. The van der Waals surface area contributed by atoms with Gasteiger partial charge in [-0.1, -0.05) is 66.7 Å². The van der Waals surface area contributed by atoms with Crippen molar-refractivity contribution in [1.29, 1.82) is 0 Å². The SMILES string of the molecule is FBF.O=C(CC(=O)c1ccc2cc3ccccc3cc2c1)c1ccccc1. The predicted octanol–water partition coefficient (Wildman–Crippen LogP) is 5.64. The number of fused-ring (bicyclic) bond motifs is 2. The van der Waals surface area contributed by atoms with Crippen molar-refractivity contribution in [2.24, 2.45) is 0 Å². The zero-order valence-corrected chi connectivity index (χ0v) is 15.1. The molecule has 2 nitrogen and oxygen atoms in total. The molecule has 0 saturated carbocycles. The average molecular weight is 374 g/mol.